The van der Waals surface area contributed by atoms with Crippen LogP contribution in [0.2, 0.25) is 0 Å². The molecule has 1 spiro atoms. The first-order chi connectivity index (χ1) is 12.5. The number of ether oxygens (including phenoxy) is 1. The van der Waals surface area contributed by atoms with Crippen molar-refractivity contribution in [3.8, 4) is 5.75 Å². The minimum Gasteiger partial charge on any atom is -0.494 e. The van der Waals surface area contributed by atoms with Gasteiger partial charge in [-0.2, -0.15) is 0 Å². The van der Waals surface area contributed by atoms with E-state index >= 15 is 0 Å². The molecule has 2 aliphatic rings. The third-order valence-corrected chi connectivity index (χ3v) is 5.61. The number of benzene rings is 1. The van der Waals surface area contributed by atoms with E-state index in [1.54, 1.807) is 0 Å². The van der Waals surface area contributed by atoms with Crippen molar-refractivity contribution in [1.82, 2.24) is 9.80 Å². The van der Waals surface area contributed by atoms with Gasteiger partial charge in [0.25, 0.3) is 0 Å². The molecule has 1 atom stereocenters. The van der Waals surface area contributed by atoms with Crippen LogP contribution in [0.4, 0.5) is 0 Å². The summed E-state index contributed by atoms with van der Waals surface area (Å²) in [5, 5.41) is 0. The lowest BCUT2D eigenvalue weighted by atomic mass is 9.84. The van der Waals surface area contributed by atoms with Crippen LogP contribution in [0.25, 0.3) is 0 Å². The lowest BCUT2D eigenvalue weighted by molar-refractivity contribution is -0.156. The Bertz CT molecular complexity index is 631. The van der Waals surface area contributed by atoms with Crippen LogP contribution in [0.15, 0.2) is 30.3 Å². The molecule has 5 nitrogen and oxygen atoms in total. The van der Waals surface area contributed by atoms with E-state index in [0.29, 0.717) is 26.0 Å². The lowest BCUT2D eigenvalue weighted by Crippen LogP contribution is -2.62. The molecule has 0 N–H and O–H groups in total. The quantitative estimate of drug-likeness (QED) is 0.734. The van der Waals surface area contributed by atoms with Gasteiger partial charge in [-0.25, -0.2) is 0 Å². The van der Waals surface area contributed by atoms with E-state index in [4.69, 9.17) is 4.74 Å². The van der Waals surface area contributed by atoms with Gasteiger partial charge in [-0.3, -0.25) is 9.59 Å². The second kappa shape index (κ2) is 8.11. The minimum atomic E-state index is -0.583. The predicted octanol–water partition coefficient (Wildman–Crippen LogP) is 3.24. The molecule has 2 fully saturated rings. The van der Waals surface area contributed by atoms with Crippen LogP contribution in [-0.4, -0.2) is 52.9 Å². The molecule has 1 aromatic carbocycles. The summed E-state index contributed by atoms with van der Waals surface area (Å²) in [7, 11) is 0. The Morgan fingerprint density at radius 1 is 1.15 bits per heavy atom. The maximum absolute atomic E-state index is 13.1. The van der Waals surface area contributed by atoms with Crippen LogP contribution in [0, 0.1) is 0 Å². The van der Waals surface area contributed by atoms with Gasteiger partial charge in [-0.1, -0.05) is 18.2 Å². The van der Waals surface area contributed by atoms with E-state index in [-0.39, 0.29) is 17.9 Å². The van der Waals surface area contributed by atoms with Crippen molar-refractivity contribution >= 4 is 11.8 Å². The normalized spacial score (nSPS) is 23.1. The number of carbonyl (C=O) groups is 2. The molecule has 2 saturated heterocycles. The Morgan fingerprint density at radius 2 is 1.85 bits per heavy atom. The number of carbonyl (C=O) groups excluding carboxylic acids is 2. The maximum Gasteiger partial charge on any atom is 0.248 e. The molecule has 0 radical (unpaired) electrons. The number of amides is 2. The average molecular weight is 358 g/mol. The van der Waals surface area contributed by atoms with E-state index in [1.807, 2.05) is 40.1 Å². The van der Waals surface area contributed by atoms with E-state index in [0.717, 1.165) is 38.0 Å². The summed E-state index contributed by atoms with van der Waals surface area (Å²) < 4.78 is 5.68. The van der Waals surface area contributed by atoms with Crippen molar-refractivity contribution in [3.63, 3.8) is 0 Å². The van der Waals surface area contributed by atoms with Crippen molar-refractivity contribution in [2.45, 2.75) is 64.0 Å². The smallest absolute Gasteiger partial charge is 0.248 e. The highest BCUT2D eigenvalue weighted by atomic mass is 16.5. The molecule has 1 aromatic rings. The summed E-state index contributed by atoms with van der Waals surface area (Å²) in [6.45, 7) is 6.14. The topological polar surface area (TPSA) is 49.9 Å². The summed E-state index contributed by atoms with van der Waals surface area (Å²) in [4.78, 5) is 29.8. The number of hydrogen-bond donors (Lipinski definition) is 0. The second-order valence-electron chi connectivity index (χ2n) is 7.64. The van der Waals surface area contributed by atoms with Gasteiger partial charge in [-0.15, -0.1) is 0 Å². The summed E-state index contributed by atoms with van der Waals surface area (Å²) in [5.74, 6) is 1.08. The number of likely N-dealkylation sites (tertiary alicyclic amines) is 2. The first-order valence-corrected chi connectivity index (χ1v) is 9.84. The molecule has 3 rings (SSSR count). The van der Waals surface area contributed by atoms with Crippen molar-refractivity contribution in [1.29, 1.82) is 0 Å². The Morgan fingerprint density at radius 3 is 2.54 bits per heavy atom. The number of rotatable bonds is 6. The van der Waals surface area contributed by atoms with E-state index in [9.17, 15) is 9.59 Å². The molecule has 0 bridgehead atoms. The highest BCUT2D eigenvalue weighted by Gasteiger charge is 2.52. The summed E-state index contributed by atoms with van der Waals surface area (Å²) in [6.07, 6.45) is 4.61. The number of hydrogen-bond acceptors (Lipinski definition) is 3. The molecule has 5 heteroatoms. The highest BCUT2D eigenvalue weighted by molar-refractivity contribution is 5.93. The molecule has 26 heavy (non-hydrogen) atoms. The van der Waals surface area contributed by atoms with Crippen LogP contribution in [-0.2, 0) is 9.59 Å². The monoisotopic (exact) mass is 358 g/mol. The molecule has 0 aliphatic carbocycles. The second-order valence-corrected chi connectivity index (χ2v) is 7.64. The fourth-order valence-corrected chi connectivity index (χ4v) is 4.30. The van der Waals surface area contributed by atoms with Crippen molar-refractivity contribution < 1.29 is 14.3 Å². The zero-order valence-electron chi connectivity index (χ0n) is 15.9. The van der Waals surface area contributed by atoms with Gasteiger partial charge in [0.05, 0.1) is 6.61 Å². The van der Waals surface area contributed by atoms with E-state index < -0.39 is 5.54 Å². The molecule has 0 saturated carbocycles. The third kappa shape index (κ3) is 3.71. The van der Waals surface area contributed by atoms with Crippen molar-refractivity contribution in [2.75, 3.05) is 19.7 Å². The SMILES string of the molecule is CC(C)N1CCCC2(CCCN2C(=O)CCCOc2ccccc2)C1=O. The molecule has 0 aromatic heterocycles. The number of piperidine rings is 1. The molecular weight excluding hydrogens is 328 g/mol. The molecule has 2 amide bonds. The Labute approximate surface area is 156 Å². The van der Waals surface area contributed by atoms with Crippen LogP contribution >= 0.6 is 0 Å². The molecule has 2 aliphatic heterocycles. The third-order valence-electron chi connectivity index (χ3n) is 5.61. The molecular formula is C21H30N2O3. The zero-order chi connectivity index (χ0) is 18.6. The standard InChI is InChI=1S/C21H30N2O3/c1-17(2)22-14-7-12-21(20(22)25)13-8-15-23(21)19(24)11-6-16-26-18-9-4-3-5-10-18/h3-5,9-10,17H,6-8,11-16H2,1-2H3. The molecule has 142 valence electrons. The van der Waals surface area contributed by atoms with Crippen LogP contribution in [0.3, 0.4) is 0 Å². The van der Waals surface area contributed by atoms with Gasteiger partial charge in [0.1, 0.15) is 11.3 Å². The molecule has 1 unspecified atom stereocenters. The minimum absolute atomic E-state index is 0.0955. The Kier molecular flexibility index (Phi) is 5.84. The maximum atomic E-state index is 13.1. The van der Waals surface area contributed by atoms with Crippen LogP contribution in [0.5, 0.6) is 5.75 Å². The Balaban J connectivity index is 1.57. The number of nitrogens with zero attached hydrogens (tertiary/aromatic N) is 2. The van der Waals surface area contributed by atoms with Gasteiger partial charge in [0.2, 0.25) is 11.8 Å². The van der Waals surface area contributed by atoms with Gasteiger partial charge < -0.3 is 14.5 Å². The first kappa shape index (κ1) is 18.7. The highest BCUT2D eigenvalue weighted by Crippen LogP contribution is 2.39. The van der Waals surface area contributed by atoms with Crippen molar-refractivity contribution in [2.24, 2.45) is 0 Å². The van der Waals surface area contributed by atoms with Gasteiger partial charge in [0, 0.05) is 25.6 Å². The zero-order valence-corrected chi connectivity index (χ0v) is 15.9. The van der Waals surface area contributed by atoms with Gasteiger partial charge >= 0.3 is 0 Å². The van der Waals surface area contributed by atoms with Gasteiger partial charge in [-0.05, 0) is 58.1 Å². The van der Waals surface area contributed by atoms with E-state index in [1.165, 1.54) is 0 Å². The molecule has 2 heterocycles. The largest absolute Gasteiger partial charge is 0.494 e. The summed E-state index contributed by atoms with van der Waals surface area (Å²) >= 11 is 0. The summed E-state index contributed by atoms with van der Waals surface area (Å²) in [5.41, 5.74) is -0.583. The van der Waals surface area contributed by atoms with Gasteiger partial charge in [0.15, 0.2) is 0 Å². The summed E-state index contributed by atoms with van der Waals surface area (Å²) in [6, 6.07) is 9.84. The average Bonchev–Trinajstić information content (AvgIpc) is 3.06. The fraction of sp³-hybridized carbons (Fsp3) is 0.619. The van der Waals surface area contributed by atoms with E-state index in [2.05, 4.69) is 13.8 Å². The van der Waals surface area contributed by atoms with Crippen molar-refractivity contribution in [3.05, 3.63) is 30.3 Å². The van der Waals surface area contributed by atoms with Crippen LogP contribution in [0.1, 0.15) is 52.4 Å². The fourth-order valence-electron chi connectivity index (χ4n) is 4.30. The first-order valence-electron chi connectivity index (χ1n) is 9.84. The Hall–Kier alpha value is -2.04. The predicted molar refractivity (Wildman–Crippen MR) is 101 cm³/mol. The van der Waals surface area contributed by atoms with Crippen LogP contribution < -0.4 is 4.74 Å². The number of para-hydroxylation sites is 1. The lowest BCUT2D eigenvalue weighted by Gasteiger charge is -2.46.